The van der Waals surface area contributed by atoms with Crippen LogP contribution in [0.5, 0.6) is 0 Å². The van der Waals surface area contributed by atoms with Crippen molar-refractivity contribution in [3.63, 3.8) is 0 Å². The number of halogens is 2. The van der Waals surface area contributed by atoms with Crippen LogP contribution in [0.4, 0.5) is 0 Å². The molecule has 14 heavy (non-hydrogen) atoms. The summed E-state index contributed by atoms with van der Waals surface area (Å²) in [7, 11) is 1.73. The highest BCUT2D eigenvalue weighted by Crippen LogP contribution is 2.21. The van der Waals surface area contributed by atoms with E-state index >= 15 is 0 Å². The summed E-state index contributed by atoms with van der Waals surface area (Å²) in [6.45, 7) is 1.82. The minimum absolute atomic E-state index is 0. The maximum Gasteiger partial charge on any atom is 0.0894 e. The smallest absolute Gasteiger partial charge is 0.0894 e. The quantitative estimate of drug-likeness (QED) is 0.784. The largest absolute Gasteiger partial charge is 0.379 e. The van der Waals surface area contributed by atoms with Crippen LogP contribution in [0.25, 0.3) is 0 Å². The summed E-state index contributed by atoms with van der Waals surface area (Å²) < 4.78 is 5.30. The lowest BCUT2D eigenvalue weighted by molar-refractivity contribution is 0.104. The molecule has 82 valence electrons. The number of hydrogen-bond donors (Lipinski definition) is 2. The minimum atomic E-state index is 0. The Hall–Kier alpha value is -0.360. The second-order valence-electron chi connectivity index (χ2n) is 2.93. The number of aromatic nitrogens is 3. The molecule has 2 heterocycles. The first-order valence-corrected chi connectivity index (χ1v) is 4.01. The Morgan fingerprint density at radius 2 is 2.21 bits per heavy atom. The normalized spacial score (nSPS) is 25.2. The van der Waals surface area contributed by atoms with Gasteiger partial charge in [0.1, 0.15) is 0 Å². The molecule has 2 unspecified atom stereocenters. The van der Waals surface area contributed by atoms with Crippen molar-refractivity contribution in [3.05, 3.63) is 11.9 Å². The van der Waals surface area contributed by atoms with Crippen LogP contribution in [0.15, 0.2) is 6.20 Å². The molecule has 1 aromatic rings. The van der Waals surface area contributed by atoms with Crippen LogP contribution < -0.4 is 5.32 Å². The van der Waals surface area contributed by atoms with Crippen molar-refractivity contribution >= 4 is 24.8 Å². The molecule has 0 radical (unpaired) electrons. The molecule has 0 amide bonds. The number of methoxy groups -OCH3 is 1. The number of rotatable bonds is 2. The predicted molar refractivity (Wildman–Crippen MR) is 57.3 cm³/mol. The summed E-state index contributed by atoms with van der Waals surface area (Å²) in [6.07, 6.45) is 1.99. The Kier molecular flexibility index (Phi) is 6.03. The zero-order valence-corrected chi connectivity index (χ0v) is 9.40. The highest BCUT2D eigenvalue weighted by Gasteiger charge is 2.29. The molecule has 2 N–H and O–H groups in total. The van der Waals surface area contributed by atoms with Gasteiger partial charge in [0.2, 0.25) is 0 Å². The molecule has 0 saturated carbocycles. The predicted octanol–water partition coefficient (Wildman–Crippen LogP) is 0.350. The van der Waals surface area contributed by atoms with Gasteiger partial charge < -0.3 is 10.1 Å². The summed E-state index contributed by atoms with van der Waals surface area (Å²) in [4.78, 5) is 0. The van der Waals surface area contributed by atoms with Crippen LogP contribution in [0.2, 0.25) is 0 Å². The Bertz CT molecular complexity index is 244. The molecule has 5 nitrogen and oxygen atoms in total. The average Bonchev–Trinajstić information content (AvgIpc) is 2.74. The molecule has 0 aliphatic carbocycles. The second-order valence-corrected chi connectivity index (χ2v) is 2.93. The summed E-state index contributed by atoms with van der Waals surface area (Å²) in [5.74, 6) is 0.341. The third-order valence-corrected chi connectivity index (χ3v) is 2.27. The SMILES string of the molecule is COC1CNCC1c1cn[nH]n1.Cl.Cl. The first kappa shape index (κ1) is 13.6. The monoisotopic (exact) mass is 240 g/mol. The van der Waals surface area contributed by atoms with Gasteiger partial charge in [-0.3, -0.25) is 0 Å². The number of ether oxygens (including phenoxy) is 1. The molecule has 0 aromatic carbocycles. The Balaban J connectivity index is 0.000000845. The van der Waals surface area contributed by atoms with E-state index < -0.39 is 0 Å². The number of nitrogens with one attached hydrogen (secondary N) is 2. The molecule has 2 atom stereocenters. The maximum absolute atomic E-state index is 5.30. The first-order chi connectivity index (χ1) is 5.92. The van der Waals surface area contributed by atoms with E-state index in [1.165, 1.54) is 0 Å². The first-order valence-electron chi connectivity index (χ1n) is 4.01. The zero-order valence-electron chi connectivity index (χ0n) is 7.77. The molecule has 1 aromatic heterocycles. The van der Waals surface area contributed by atoms with E-state index in [-0.39, 0.29) is 30.9 Å². The lowest BCUT2D eigenvalue weighted by Gasteiger charge is -2.13. The van der Waals surface area contributed by atoms with Gasteiger partial charge in [-0.15, -0.1) is 24.8 Å². The molecule has 1 aliphatic rings. The zero-order chi connectivity index (χ0) is 8.39. The summed E-state index contributed by atoms with van der Waals surface area (Å²) >= 11 is 0. The molecule has 1 fully saturated rings. The van der Waals surface area contributed by atoms with Crippen molar-refractivity contribution < 1.29 is 4.74 Å². The van der Waals surface area contributed by atoms with E-state index in [2.05, 4.69) is 20.7 Å². The molecule has 7 heteroatoms. The standard InChI is InChI=1S/C7H12N4O.2ClH/c1-12-7-4-8-2-5(7)6-3-9-11-10-6;;/h3,5,7-8H,2,4H2,1H3,(H,9,10,11);2*1H. The van der Waals surface area contributed by atoms with Gasteiger partial charge in [0.25, 0.3) is 0 Å². The van der Waals surface area contributed by atoms with Crippen molar-refractivity contribution in [2.45, 2.75) is 12.0 Å². The highest BCUT2D eigenvalue weighted by molar-refractivity contribution is 5.85. The van der Waals surface area contributed by atoms with E-state index in [4.69, 9.17) is 4.74 Å². The number of nitrogens with zero attached hydrogens (tertiary/aromatic N) is 2. The van der Waals surface area contributed by atoms with E-state index in [0.717, 1.165) is 18.8 Å². The van der Waals surface area contributed by atoms with Gasteiger partial charge in [0.15, 0.2) is 0 Å². The van der Waals surface area contributed by atoms with Gasteiger partial charge in [-0.25, -0.2) is 0 Å². The van der Waals surface area contributed by atoms with Gasteiger partial charge >= 0.3 is 0 Å². The summed E-state index contributed by atoms with van der Waals surface area (Å²) in [6, 6.07) is 0. The van der Waals surface area contributed by atoms with Crippen LogP contribution >= 0.6 is 24.8 Å². The molecule has 1 aliphatic heterocycles. The van der Waals surface area contributed by atoms with Gasteiger partial charge in [-0.2, -0.15) is 15.4 Å². The van der Waals surface area contributed by atoms with Crippen molar-refractivity contribution in [1.29, 1.82) is 0 Å². The molecule has 2 rings (SSSR count). The molecular weight excluding hydrogens is 227 g/mol. The highest BCUT2D eigenvalue weighted by atomic mass is 35.5. The van der Waals surface area contributed by atoms with Crippen LogP contribution in [0.3, 0.4) is 0 Å². The fraction of sp³-hybridized carbons (Fsp3) is 0.714. The Morgan fingerprint density at radius 1 is 1.43 bits per heavy atom. The number of hydrogen-bond acceptors (Lipinski definition) is 4. The third-order valence-electron chi connectivity index (χ3n) is 2.27. The Morgan fingerprint density at radius 3 is 2.79 bits per heavy atom. The van der Waals surface area contributed by atoms with E-state index in [9.17, 15) is 0 Å². The topological polar surface area (TPSA) is 62.8 Å². The fourth-order valence-corrected chi connectivity index (χ4v) is 1.59. The van der Waals surface area contributed by atoms with Crippen molar-refractivity contribution in [2.75, 3.05) is 20.2 Å². The molecule has 0 spiro atoms. The number of H-pyrrole nitrogens is 1. The summed E-state index contributed by atoms with van der Waals surface area (Å²) in [5.41, 5.74) is 0.979. The van der Waals surface area contributed by atoms with Crippen LogP contribution in [0, 0.1) is 0 Å². The van der Waals surface area contributed by atoms with Crippen LogP contribution in [-0.2, 0) is 4.74 Å². The number of aromatic amines is 1. The molecule has 1 saturated heterocycles. The lowest BCUT2D eigenvalue weighted by atomic mass is 10.0. The van der Waals surface area contributed by atoms with E-state index in [1.54, 1.807) is 13.3 Å². The van der Waals surface area contributed by atoms with Gasteiger partial charge in [0.05, 0.1) is 18.0 Å². The fourth-order valence-electron chi connectivity index (χ4n) is 1.59. The minimum Gasteiger partial charge on any atom is -0.379 e. The van der Waals surface area contributed by atoms with Crippen LogP contribution in [-0.4, -0.2) is 41.7 Å². The van der Waals surface area contributed by atoms with Gasteiger partial charge in [-0.1, -0.05) is 0 Å². The van der Waals surface area contributed by atoms with E-state index in [0.29, 0.717) is 5.92 Å². The van der Waals surface area contributed by atoms with Crippen molar-refractivity contribution in [2.24, 2.45) is 0 Å². The third kappa shape index (κ3) is 2.57. The second kappa shape index (κ2) is 6.19. The van der Waals surface area contributed by atoms with Crippen LogP contribution in [0.1, 0.15) is 11.6 Å². The van der Waals surface area contributed by atoms with Crippen molar-refractivity contribution in [1.82, 2.24) is 20.7 Å². The van der Waals surface area contributed by atoms with Crippen molar-refractivity contribution in [3.8, 4) is 0 Å². The maximum atomic E-state index is 5.30. The Labute approximate surface area is 94.8 Å². The lowest BCUT2D eigenvalue weighted by Crippen LogP contribution is -2.19. The van der Waals surface area contributed by atoms with Gasteiger partial charge in [0, 0.05) is 26.1 Å². The van der Waals surface area contributed by atoms with E-state index in [1.807, 2.05) is 0 Å². The molecule has 0 bridgehead atoms. The average molecular weight is 241 g/mol. The van der Waals surface area contributed by atoms with Gasteiger partial charge in [-0.05, 0) is 0 Å². The summed E-state index contributed by atoms with van der Waals surface area (Å²) in [5, 5.41) is 13.7. The molecular formula is C7H14Cl2N4O.